The van der Waals surface area contributed by atoms with Crippen LogP contribution in [-0.2, 0) is 14.4 Å². The summed E-state index contributed by atoms with van der Waals surface area (Å²) in [5, 5.41) is 12.3. The van der Waals surface area contributed by atoms with Crippen molar-refractivity contribution in [1.82, 2.24) is 10.2 Å². The summed E-state index contributed by atoms with van der Waals surface area (Å²) < 4.78 is 0.872. The summed E-state index contributed by atoms with van der Waals surface area (Å²) in [7, 11) is 0. The maximum atomic E-state index is 12.5. The normalized spacial score (nSPS) is 30.5. The molecule has 0 spiro atoms. The van der Waals surface area contributed by atoms with E-state index in [0.29, 0.717) is 0 Å². The van der Waals surface area contributed by atoms with E-state index in [1.165, 1.54) is 11.3 Å². The molecule has 2 aliphatic rings. The van der Waals surface area contributed by atoms with Gasteiger partial charge in [0.25, 0.3) is 0 Å². The third-order valence-corrected chi connectivity index (χ3v) is 5.69. The van der Waals surface area contributed by atoms with Crippen molar-refractivity contribution in [3.8, 4) is 12.3 Å². The van der Waals surface area contributed by atoms with E-state index in [9.17, 15) is 19.5 Å². The van der Waals surface area contributed by atoms with Crippen LogP contribution in [0.3, 0.4) is 0 Å². The van der Waals surface area contributed by atoms with E-state index >= 15 is 0 Å². The second-order valence-corrected chi connectivity index (χ2v) is 7.62. The Kier molecular flexibility index (Phi) is 3.80. The van der Waals surface area contributed by atoms with Crippen LogP contribution in [0.1, 0.15) is 10.9 Å². The second-order valence-electron chi connectivity index (χ2n) is 5.12. The SMILES string of the molecule is C#CCN1C(=O)C2C(C(=O)O)NC(c3ccc(Br)s3)C2C1=O. The van der Waals surface area contributed by atoms with Crippen LogP contribution >= 0.6 is 27.3 Å². The van der Waals surface area contributed by atoms with Gasteiger partial charge in [-0.3, -0.25) is 24.6 Å². The first kappa shape index (κ1) is 15.2. The molecule has 3 heterocycles. The number of halogens is 1. The van der Waals surface area contributed by atoms with Crippen LogP contribution in [0.2, 0.25) is 0 Å². The van der Waals surface area contributed by atoms with E-state index in [2.05, 4.69) is 27.2 Å². The Labute approximate surface area is 138 Å². The Morgan fingerprint density at radius 1 is 1.41 bits per heavy atom. The van der Waals surface area contributed by atoms with Gasteiger partial charge in [-0.05, 0) is 28.1 Å². The van der Waals surface area contributed by atoms with Gasteiger partial charge < -0.3 is 5.11 Å². The van der Waals surface area contributed by atoms with Crippen molar-refractivity contribution < 1.29 is 19.5 Å². The van der Waals surface area contributed by atoms with Crippen molar-refractivity contribution in [2.45, 2.75) is 12.1 Å². The van der Waals surface area contributed by atoms with Gasteiger partial charge in [0.15, 0.2) is 0 Å². The zero-order valence-corrected chi connectivity index (χ0v) is 13.6. The number of imide groups is 1. The summed E-state index contributed by atoms with van der Waals surface area (Å²) in [6.45, 7) is -0.127. The van der Waals surface area contributed by atoms with E-state index in [1.807, 2.05) is 12.1 Å². The van der Waals surface area contributed by atoms with Crippen molar-refractivity contribution in [3.63, 3.8) is 0 Å². The number of aliphatic carboxylic acids is 1. The fraction of sp³-hybridized carbons (Fsp3) is 0.357. The van der Waals surface area contributed by atoms with Gasteiger partial charge in [0, 0.05) is 4.88 Å². The van der Waals surface area contributed by atoms with Gasteiger partial charge in [-0.1, -0.05) is 5.92 Å². The summed E-state index contributed by atoms with van der Waals surface area (Å²) in [5.41, 5.74) is 0. The maximum Gasteiger partial charge on any atom is 0.321 e. The lowest BCUT2D eigenvalue weighted by Gasteiger charge is -2.18. The predicted molar refractivity (Wildman–Crippen MR) is 81.9 cm³/mol. The molecule has 0 aliphatic carbocycles. The fourth-order valence-corrected chi connectivity index (χ4v) is 4.63. The van der Waals surface area contributed by atoms with Crippen molar-refractivity contribution in [3.05, 3.63) is 20.8 Å². The van der Waals surface area contributed by atoms with Crippen LogP contribution in [-0.4, -0.2) is 40.4 Å². The van der Waals surface area contributed by atoms with Gasteiger partial charge in [0.05, 0.1) is 28.2 Å². The predicted octanol–water partition coefficient (Wildman–Crippen LogP) is 0.843. The smallest absolute Gasteiger partial charge is 0.321 e. The quantitative estimate of drug-likeness (QED) is 0.597. The standard InChI is InChI=1S/C14H11BrN2O4S/c1-2-5-17-12(18)8-9(13(17)19)11(14(20)21)16-10(8)6-3-4-7(15)22-6/h1,3-4,8-11,16H,5H2,(H,20,21). The Bertz CT molecular complexity index is 710. The number of hydrogen-bond donors (Lipinski definition) is 2. The molecule has 2 amide bonds. The molecule has 0 bridgehead atoms. The lowest BCUT2D eigenvalue weighted by atomic mass is 9.89. The maximum absolute atomic E-state index is 12.5. The van der Waals surface area contributed by atoms with Crippen molar-refractivity contribution in [2.75, 3.05) is 6.54 Å². The lowest BCUT2D eigenvalue weighted by molar-refractivity contribution is -0.145. The van der Waals surface area contributed by atoms with Gasteiger partial charge in [-0.25, -0.2) is 0 Å². The van der Waals surface area contributed by atoms with Gasteiger partial charge >= 0.3 is 5.97 Å². The molecule has 114 valence electrons. The number of thiophene rings is 1. The van der Waals surface area contributed by atoms with Gasteiger partial charge in [0.2, 0.25) is 11.8 Å². The number of carboxylic acids is 1. The number of fused-ring (bicyclic) bond motifs is 1. The molecule has 0 saturated carbocycles. The Balaban J connectivity index is 2.02. The van der Waals surface area contributed by atoms with Crippen LogP contribution in [0, 0.1) is 24.2 Å². The third kappa shape index (κ3) is 2.17. The molecule has 2 N–H and O–H groups in total. The highest BCUT2D eigenvalue weighted by molar-refractivity contribution is 9.11. The summed E-state index contributed by atoms with van der Waals surface area (Å²) in [6, 6.07) is 2.05. The number of terminal acetylenes is 1. The van der Waals surface area contributed by atoms with Crippen molar-refractivity contribution in [1.29, 1.82) is 0 Å². The van der Waals surface area contributed by atoms with E-state index in [0.717, 1.165) is 13.6 Å². The van der Waals surface area contributed by atoms with Crippen LogP contribution in [0.5, 0.6) is 0 Å². The first-order chi connectivity index (χ1) is 10.5. The molecule has 2 aliphatic heterocycles. The van der Waals surface area contributed by atoms with E-state index in [-0.39, 0.29) is 6.54 Å². The average molecular weight is 383 g/mol. The highest BCUT2D eigenvalue weighted by atomic mass is 79.9. The van der Waals surface area contributed by atoms with Crippen LogP contribution in [0.15, 0.2) is 15.9 Å². The zero-order chi connectivity index (χ0) is 16.0. The largest absolute Gasteiger partial charge is 0.480 e. The molecule has 0 radical (unpaired) electrons. The molecule has 2 fully saturated rings. The molecule has 8 heteroatoms. The molecule has 22 heavy (non-hydrogen) atoms. The van der Waals surface area contributed by atoms with Gasteiger partial charge in [-0.2, -0.15) is 0 Å². The number of nitrogens with one attached hydrogen (secondary N) is 1. The monoisotopic (exact) mass is 382 g/mol. The number of amides is 2. The molecular formula is C14H11BrN2O4S. The van der Waals surface area contributed by atoms with E-state index in [1.54, 1.807) is 0 Å². The number of likely N-dealkylation sites (tertiary alicyclic amines) is 1. The minimum atomic E-state index is -1.14. The lowest BCUT2D eigenvalue weighted by Crippen LogP contribution is -2.43. The molecular weight excluding hydrogens is 372 g/mol. The number of carbonyl (C=O) groups excluding carboxylic acids is 2. The summed E-state index contributed by atoms with van der Waals surface area (Å²) in [6.07, 6.45) is 5.19. The molecule has 2 saturated heterocycles. The molecule has 1 aromatic rings. The van der Waals surface area contributed by atoms with Crippen molar-refractivity contribution in [2.24, 2.45) is 11.8 Å². The Hall–Kier alpha value is -1.69. The molecule has 4 unspecified atom stereocenters. The summed E-state index contributed by atoms with van der Waals surface area (Å²) >= 11 is 4.75. The van der Waals surface area contributed by atoms with Crippen molar-refractivity contribution >= 4 is 45.1 Å². The third-order valence-electron chi connectivity index (χ3n) is 3.98. The molecule has 0 aromatic carbocycles. The van der Waals surface area contributed by atoms with Gasteiger partial charge in [0.1, 0.15) is 6.04 Å². The fourth-order valence-electron chi connectivity index (χ4n) is 3.10. The molecule has 1 aromatic heterocycles. The zero-order valence-electron chi connectivity index (χ0n) is 11.2. The van der Waals surface area contributed by atoms with Gasteiger partial charge in [-0.15, -0.1) is 17.8 Å². The van der Waals surface area contributed by atoms with E-state index < -0.39 is 41.7 Å². The summed E-state index contributed by atoms with van der Waals surface area (Å²) in [5.74, 6) is -1.42. The number of carboxylic acid groups (broad SMARTS) is 1. The van der Waals surface area contributed by atoms with E-state index in [4.69, 9.17) is 6.42 Å². The topological polar surface area (TPSA) is 86.7 Å². The molecule has 4 atom stereocenters. The first-order valence-electron chi connectivity index (χ1n) is 6.48. The second kappa shape index (κ2) is 5.50. The first-order valence-corrected chi connectivity index (χ1v) is 8.09. The minimum Gasteiger partial charge on any atom is -0.480 e. The number of nitrogens with zero attached hydrogens (tertiary/aromatic N) is 1. The highest BCUT2D eigenvalue weighted by Gasteiger charge is 2.61. The molecule has 3 rings (SSSR count). The minimum absolute atomic E-state index is 0.127. The van der Waals surface area contributed by atoms with Crippen LogP contribution in [0.25, 0.3) is 0 Å². The average Bonchev–Trinajstić information content (AvgIpc) is 3.11. The number of rotatable bonds is 3. The Morgan fingerprint density at radius 2 is 2.09 bits per heavy atom. The number of hydrogen-bond acceptors (Lipinski definition) is 5. The van der Waals surface area contributed by atoms with Crippen LogP contribution in [0.4, 0.5) is 0 Å². The van der Waals surface area contributed by atoms with Crippen LogP contribution < -0.4 is 5.32 Å². The molecule has 6 nitrogen and oxygen atoms in total. The summed E-state index contributed by atoms with van der Waals surface area (Å²) in [4.78, 5) is 38.2. The highest BCUT2D eigenvalue weighted by Crippen LogP contribution is 2.45. The number of carbonyl (C=O) groups is 3. The Morgan fingerprint density at radius 3 is 2.64 bits per heavy atom.